The Balaban J connectivity index is 2.09. The van der Waals surface area contributed by atoms with Crippen molar-refractivity contribution in [2.75, 3.05) is 24.7 Å². The lowest BCUT2D eigenvalue weighted by Gasteiger charge is -2.26. The van der Waals surface area contributed by atoms with Crippen LogP contribution in [0.5, 0.6) is 0 Å². The van der Waals surface area contributed by atoms with Crippen molar-refractivity contribution in [3.8, 4) is 0 Å². The zero-order chi connectivity index (χ0) is 19.1. The molecule has 1 aromatic carbocycles. The third-order valence-corrected chi connectivity index (χ3v) is 5.03. The van der Waals surface area contributed by atoms with Gasteiger partial charge in [-0.2, -0.15) is 4.98 Å². The summed E-state index contributed by atoms with van der Waals surface area (Å²) in [7, 11) is 0. The molecule has 3 heterocycles. The Morgan fingerprint density at radius 2 is 2.19 bits per heavy atom. The predicted molar refractivity (Wildman–Crippen MR) is 106 cm³/mol. The smallest absolute Gasteiger partial charge is 0.257 e. The highest BCUT2D eigenvalue weighted by molar-refractivity contribution is 9.11. The fourth-order valence-corrected chi connectivity index (χ4v) is 3.65. The second-order valence-corrected chi connectivity index (χ2v) is 7.09. The molecule has 0 saturated heterocycles. The highest BCUT2D eigenvalue weighted by Gasteiger charge is 2.25. The molecule has 27 heavy (non-hydrogen) atoms. The number of benzene rings is 1. The van der Waals surface area contributed by atoms with E-state index in [9.17, 15) is 4.39 Å². The van der Waals surface area contributed by atoms with Crippen LogP contribution in [0.1, 0.15) is 5.82 Å². The molecule has 0 bridgehead atoms. The van der Waals surface area contributed by atoms with Crippen molar-refractivity contribution in [3.05, 3.63) is 64.8 Å². The van der Waals surface area contributed by atoms with Crippen molar-refractivity contribution in [2.24, 2.45) is 0 Å². The zero-order valence-corrected chi connectivity index (χ0v) is 16.3. The Morgan fingerprint density at radius 1 is 1.37 bits per heavy atom. The molecule has 0 radical (unpaired) electrons. The van der Waals surface area contributed by atoms with Crippen molar-refractivity contribution < 1.29 is 9.13 Å². The average molecular weight is 430 g/mol. The standard InChI is InChI=1S/C19H17BrFN5O/c1-4-15-13(11(2)20)10-27-9-8-25(15)18-17-14(21)6-5-7-16(17)26-12(3)23-24-19(26)22-18/h4-7H,1-2,8-10H2,3H3. The Kier molecular flexibility index (Phi) is 4.53. The van der Waals surface area contributed by atoms with E-state index < -0.39 is 0 Å². The number of allylic oxidation sites excluding steroid dienone is 1. The van der Waals surface area contributed by atoms with E-state index in [1.165, 1.54) is 6.07 Å². The van der Waals surface area contributed by atoms with Gasteiger partial charge in [-0.25, -0.2) is 4.39 Å². The predicted octanol–water partition coefficient (Wildman–Crippen LogP) is 3.91. The summed E-state index contributed by atoms with van der Waals surface area (Å²) in [5, 5.41) is 8.63. The second kappa shape index (κ2) is 6.86. The number of hydrogen-bond acceptors (Lipinski definition) is 5. The third-order valence-electron chi connectivity index (χ3n) is 4.55. The van der Waals surface area contributed by atoms with E-state index in [4.69, 9.17) is 4.74 Å². The molecule has 0 aliphatic carbocycles. The number of ether oxygens (including phenoxy) is 1. The number of aromatic nitrogens is 4. The van der Waals surface area contributed by atoms with Gasteiger partial charge in [-0.05, 0) is 25.1 Å². The molecule has 0 spiro atoms. The van der Waals surface area contributed by atoms with E-state index in [-0.39, 0.29) is 5.82 Å². The first kappa shape index (κ1) is 17.8. The summed E-state index contributed by atoms with van der Waals surface area (Å²) in [4.78, 5) is 6.54. The Labute approximate surface area is 163 Å². The third kappa shape index (κ3) is 2.85. The SMILES string of the molecule is C=CC1=C(C(=C)Br)COCCN1c1nc2nnc(C)n2c2cccc(F)c12. The van der Waals surface area contributed by atoms with E-state index in [1.54, 1.807) is 16.5 Å². The molecular weight excluding hydrogens is 413 g/mol. The van der Waals surface area contributed by atoms with Gasteiger partial charge in [-0.3, -0.25) is 4.40 Å². The van der Waals surface area contributed by atoms with Crippen molar-refractivity contribution in [1.29, 1.82) is 0 Å². The molecule has 0 unspecified atom stereocenters. The molecule has 6 nitrogen and oxygen atoms in total. The monoisotopic (exact) mass is 429 g/mol. The summed E-state index contributed by atoms with van der Waals surface area (Å²) >= 11 is 3.43. The van der Waals surface area contributed by atoms with Crippen LogP contribution in [0.25, 0.3) is 16.7 Å². The summed E-state index contributed by atoms with van der Waals surface area (Å²) in [6.45, 7) is 11.0. The second-order valence-electron chi connectivity index (χ2n) is 6.13. The van der Waals surface area contributed by atoms with Crippen LogP contribution in [-0.2, 0) is 4.74 Å². The van der Waals surface area contributed by atoms with Crippen molar-refractivity contribution in [1.82, 2.24) is 19.6 Å². The summed E-state index contributed by atoms with van der Waals surface area (Å²) in [5.41, 5.74) is 2.27. The Morgan fingerprint density at radius 3 is 2.93 bits per heavy atom. The minimum atomic E-state index is -0.363. The Bertz CT molecular complexity index is 1120. The molecule has 138 valence electrons. The van der Waals surface area contributed by atoms with Gasteiger partial charge in [0, 0.05) is 22.3 Å². The molecule has 3 aromatic rings. The fraction of sp³-hybridized carbons (Fsp3) is 0.211. The average Bonchev–Trinajstić information content (AvgIpc) is 2.89. The topological polar surface area (TPSA) is 55.5 Å². The number of anilines is 1. The molecule has 1 aliphatic heterocycles. The number of aryl methyl sites for hydroxylation is 1. The Hall–Kier alpha value is -2.58. The van der Waals surface area contributed by atoms with E-state index >= 15 is 0 Å². The molecule has 2 aromatic heterocycles. The zero-order valence-electron chi connectivity index (χ0n) is 14.7. The first-order chi connectivity index (χ1) is 13.0. The maximum Gasteiger partial charge on any atom is 0.257 e. The molecule has 8 heteroatoms. The van der Waals surface area contributed by atoms with Gasteiger partial charge in [0.1, 0.15) is 17.5 Å². The van der Waals surface area contributed by atoms with E-state index in [0.717, 1.165) is 11.3 Å². The van der Waals surface area contributed by atoms with Crippen LogP contribution in [0.3, 0.4) is 0 Å². The lowest BCUT2D eigenvalue weighted by molar-refractivity contribution is 0.170. The number of hydrogen-bond donors (Lipinski definition) is 0. The van der Waals surface area contributed by atoms with Crippen LogP contribution in [0.4, 0.5) is 10.2 Å². The van der Waals surface area contributed by atoms with Crippen LogP contribution < -0.4 is 4.90 Å². The minimum absolute atomic E-state index is 0.363. The number of halogens is 2. The van der Waals surface area contributed by atoms with Crippen molar-refractivity contribution >= 4 is 38.4 Å². The van der Waals surface area contributed by atoms with Crippen LogP contribution in [0, 0.1) is 12.7 Å². The molecule has 0 amide bonds. The number of rotatable bonds is 3. The normalized spacial score (nSPS) is 15.4. The maximum atomic E-state index is 14.9. The van der Waals surface area contributed by atoms with Crippen LogP contribution in [0.15, 0.2) is 53.2 Å². The number of nitrogens with zero attached hydrogens (tertiary/aromatic N) is 5. The molecule has 0 saturated carbocycles. The highest BCUT2D eigenvalue weighted by Crippen LogP contribution is 2.34. The van der Waals surface area contributed by atoms with Gasteiger partial charge in [0.2, 0.25) is 0 Å². The first-order valence-electron chi connectivity index (χ1n) is 8.38. The quantitative estimate of drug-likeness (QED) is 0.631. The lowest BCUT2D eigenvalue weighted by Crippen LogP contribution is -2.26. The molecule has 0 fully saturated rings. The fourth-order valence-electron chi connectivity index (χ4n) is 3.33. The van der Waals surface area contributed by atoms with Crippen LogP contribution in [0.2, 0.25) is 0 Å². The van der Waals surface area contributed by atoms with Gasteiger partial charge in [-0.1, -0.05) is 35.2 Å². The van der Waals surface area contributed by atoms with Gasteiger partial charge in [-0.15, -0.1) is 10.2 Å². The maximum absolute atomic E-state index is 14.9. The molecule has 4 rings (SSSR count). The van der Waals surface area contributed by atoms with Crippen LogP contribution >= 0.6 is 15.9 Å². The van der Waals surface area contributed by atoms with E-state index in [1.807, 2.05) is 17.9 Å². The van der Waals surface area contributed by atoms with Crippen molar-refractivity contribution in [2.45, 2.75) is 6.92 Å². The highest BCUT2D eigenvalue weighted by atomic mass is 79.9. The summed E-state index contributed by atoms with van der Waals surface area (Å²) < 4.78 is 23.1. The van der Waals surface area contributed by atoms with Gasteiger partial charge >= 0.3 is 0 Å². The van der Waals surface area contributed by atoms with Gasteiger partial charge < -0.3 is 9.64 Å². The summed E-state index contributed by atoms with van der Waals surface area (Å²) in [5.74, 6) is 1.15. The molecule has 0 atom stereocenters. The number of fused-ring (bicyclic) bond motifs is 3. The molecule has 1 aliphatic rings. The molecule has 0 N–H and O–H groups in total. The molecular formula is C19H17BrFN5O. The van der Waals surface area contributed by atoms with Crippen molar-refractivity contribution in [3.63, 3.8) is 0 Å². The first-order valence-corrected chi connectivity index (χ1v) is 9.18. The summed E-state index contributed by atoms with van der Waals surface area (Å²) in [6.07, 6.45) is 1.71. The van der Waals surface area contributed by atoms with E-state index in [0.29, 0.717) is 52.6 Å². The minimum Gasteiger partial charge on any atom is -0.375 e. The van der Waals surface area contributed by atoms with Gasteiger partial charge in [0.05, 0.1) is 24.1 Å². The largest absolute Gasteiger partial charge is 0.375 e. The van der Waals surface area contributed by atoms with E-state index in [2.05, 4.69) is 44.3 Å². The lowest BCUT2D eigenvalue weighted by atomic mass is 10.1. The van der Waals surface area contributed by atoms with Crippen LogP contribution in [-0.4, -0.2) is 39.3 Å². The van der Waals surface area contributed by atoms with Gasteiger partial charge in [0.15, 0.2) is 0 Å². The summed E-state index contributed by atoms with van der Waals surface area (Å²) in [6, 6.07) is 4.93. The van der Waals surface area contributed by atoms with Gasteiger partial charge in [0.25, 0.3) is 5.78 Å².